The van der Waals surface area contributed by atoms with Crippen molar-refractivity contribution in [2.45, 2.75) is 215 Å². The van der Waals surface area contributed by atoms with Crippen LogP contribution in [0.15, 0.2) is 183 Å². The molecule has 7 amide bonds. The number of sulfonamides is 2. The van der Waals surface area contributed by atoms with Crippen molar-refractivity contribution in [1.82, 2.24) is 45.8 Å². The van der Waals surface area contributed by atoms with E-state index in [1.54, 1.807) is 146 Å². The number of halogens is 2. The van der Waals surface area contributed by atoms with E-state index in [0.29, 0.717) is 74.6 Å². The number of fused-ring (bicyclic) bond motifs is 2. The van der Waals surface area contributed by atoms with E-state index in [0.717, 1.165) is 11.1 Å². The number of hydrogen-bond donors (Lipinski definition) is 7. The molecule has 2 radical (unpaired) electrons. The smallest absolute Gasteiger partial charge is 0.408 e. The number of hydrogen-bond acceptors (Lipinski definition) is 20. The summed E-state index contributed by atoms with van der Waals surface area (Å²) in [4.78, 5) is 123. The summed E-state index contributed by atoms with van der Waals surface area (Å²) in [6.45, 7) is 28.4. The van der Waals surface area contributed by atoms with Crippen molar-refractivity contribution in [2.75, 3.05) is 27.3 Å². The van der Waals surface area contributed by atoms with Gasteiger partial charge in [0.15, 0.2) is 0 Å². The molecular formula is C96H115BF2N10O19S2U. The van der Waals surface area contributed by atoms with Crippen molar-refractivity contribution in [2.24, 2.45) is 27.8 Å². The molecule has 8 aromatic rings. The summed E-state index contributed by atoms with van der Waals surface area (Å²) in [5.74, 6) is -4.50. The van der Waals surface area contributed by atoms with Crippen LogP contribution in [0.2, 0.25) is 0 Å². The summed E-state index contributed by atoms with van der Waals surface area (Å²) in [5.41, 5.74) is -1.75. The standard InChI is InChI=1S/C48H56FN5O9S.C38H46N4O8.C10H12FNO2S.BH.U/c1-9-31-27-48(31,43(57)53-64(59,60)47(21-22-47)26-30-17-13-14-18-35(30)49)52-41(55)38-24-33(28-54(38)42(56)40(45(2,3)4)51-44(58)63-46(5,6)7)62-39-25-36(29-15-11-10-12-16-29)50-37-23-32(61-8)19-20-34(37)39;1-9-23-20-38(23,34(45)46)41-32(43)29-18-25(21-42(29)33(44)31(36(2,3)4)40-35(47)50-37(5,6)7)49-30-19-27(22-13-11-10-12-14-22)39-28-17-24(48-8)15-16-26(28)30;11-9-4-2-1-3-8(9)7-10(5-6-10)15(12,13)14;;/h9-20,23,25,31,33,38,40H,1,21-22,24,26-28H2,2-8H3,(H,51,58)(H,52,55)(H,53,57);9-17,19,23,25,29,31H,1,18,20-21H2,2-8H3,(H,40,47)(H,41,43)(H,45,46);1-4H,5-7H2,(H2,12,13,14);1H;/t31-,33-,38+,40-,48-;23-,25-,29+,31-,38-;;;/m11.../s1/i;;;1D;. The summed E-state index contributed by atoms with van der Waals surface area (Å²) in [7, 11) is -1.05. The predicted octanol–water partition coefficient (Wildman–Crippen LogP) is 12.5. The fraction of sp³-hybridized carbons (Fsp3) is 0.438. The van der Waals surface area contributed by atoms with Crippen LogP contribution in [0, 0.1) is 65.4 Å². The van der Waals surface area contributed by atoms with Crippen LogP contribution in [0.5, 0.6) is 23.0 Å². The zero-order valence-electron chi connectivity index (χ0n) is 77.0. The minimum Gasteiger partial charge on any atom is -0.497 e. The van der Waals surface area contributed by atoms with Gasteiger partial charge in [0.05, 0.1) is 59.2 Å². The Morgan fingerprint density at radius 3 is 1.26 bits per heavy atom. The number of amides is 7. The number of carboxylic acids is 1. The number of aromatic nitrogens is 2. The second-order valence-electron chi connectivity index (χ2n) is 38.1. The number of benzene rings is 6. The molecule has 4 saturated carbocycles. The molecule has 2 saturated heterocycles. The van der Waals surface area contributed by atoms with Gasteiger partial charge in [-0.15, -0.1) is 13.2 Å². The number of likely N-dealkylation sites (tertiary alicyclic amines) is 2. The number of alkyl carbamates (subject to hydrolysis) is 2. The number of aliphatic carboxylic acids is 1. The predicted molar refractivity (Wildman–Crippen MR) is 489 cm³/mol. The molecule has 4 heterocycles. The zero-order chi connectivity index (χ0) is 96.1. The monoisotopic (exact) mass is 2060 g/mol. The Hall–Kier alpha value is -11.0. The average Bonchev–Trinajstić information content (AvgIpc) is 1.55. The van der Waals surface area contributed by atoms with E-state index >= 15 is 0 Å². The van der Waals surface area contributed by atoms with Crippen LogP contribution in [-0.2, 0) is 71.1 Å². The van der Waals surface area contributed by atoms with Gasteiger partial charge in [0.1, 0.15) is 93.3 Å². The topological polar surface area (TPSA) is 399 Å². The van der Waals surface area contributed by atoms with Crippen molar-refractivity contribution in [1.29, 1.82) is 1.34 Å². The molecule has 10 atom stereocenters. The second kappa shape index (κ2) is 39.8. The molecule has 14 rings (SSSR count). The zero-order valence-corrected chi connectivity index (χ0v) is 81.8. The van der Waals surface area contributed by atoms with E-state index in [2.05, 4.69) is 47.5 Å². The summed E-state index contributed by atoms with van der Waals surface area (Å²) < 4.78 is 119. The van der Waals surface area contributed by atoms with Gasteiger partial charge in [-0.25, -0.2) is 55.1 Å². The number of primary sulfonamides is 1. The molecule has 6 aromatic carbocycles. The minimum atomic E-state index is -4.36. The third-order valence-electron chi connectivity index (χ3n) is 24.0. The van der Waals surface area contributed by atoms with Gasteiger partial charge in [-0.05, 0) is 153 Å². The number of ether oxygens (including phenoxy) is 6. The van der Waals surface area contributed by atoms with E-state index in [1.165, 1.54) is 46.2 Å². The molecule has 0 bridgehead atoms. The fourth-order valence-corrected chi connectivity index (χ4v) is 18.9. The number of pyridine rings is 2. The molecule has 35 heteroatoms. The first-order valence-corrected chi connectivity index (χ1v) is 45.7. The number of nitrogens with two attached hydrogens (primary N) is 1. The molecule has 0 unspecified atom stereocenters. The molecule has 4 aliphatic carbocycles. The van der Waals surface area contributed by atoms with E-state index < -0.39 is 164 Å². The van der Waals surface area contributed by atoms with Gasteiger partial charge in [0.25, 0.3) is 5.91 Å². The number of carbonyl (C=O) groups is 8. The molecule has 696 valence electrons. The molecule has 131 heavy (non-hydrogen) atoms. The Morgan fingerprint density at radius 1 is 0.557 bits per heavy atom. The Balaban J connectivity index is 0.000000235. The summed E-state index contributed by atoms with van der Waals surface area (Å²) in [6, 6.07) is 41.0. The Bertz CT molecular complexity index is 5900. The van der Waals surface area contributed by atoms with Gasteiger partial charge < -0.3 is 64.6 Å². The summed E-state index contributed by atoms with van der Waals surface area (Å²) in [5, 5.41) is 27.5. The van der Waals surface area contributed by atoms with Crippen molar-refractivity contribution in [3.63, 3.8) is 0 Å². The van der Waals surface area contributed by atoms with E-state index in [-0.39, 0.29) is 107 Å². The number of carbonyl (C=O) groups excluding carboxylic acids is 7. The normalized spacial score (nSPS) is 21.4. The summed E-state index contributed by atoms with van der Waals surface area (Å²) >= 11 is 0. The number of carboxylic acid groups (broad SMARTS) is 1. The number of nitrogens with zero attached hydrogens (tertiary/aromatic N) is 4. The van der Waals surface area contributed by atoms with Crippen LogP contribution in [0.25, 0.3) is 44.3 Å². The van der Waals surface area contributed by atoms with E-state index in [1.807, 2.05) is 84.9 Å². The number of methoxy groups -OCH3 is 2. The third-order valence-corrected chi connectivity index (χ3v) is 27.9. The average molecular weight is 2070 g/mol. The second-order valence-corrected chi connectivity index (χ2v) is 42.1. The van der Waals surface area contributed by atoms with E-state index in [4.69, 9.17) is 44.9 Å². The first kappa shape index (κ1) is 101. The maximum atomic E-state index is 14.8. The molecule has 29 nitrogen and oxygen atoms in total. The maximum Gasteiger partial charge on any atom is 0.408 e. The van der Waals surface area contributed by atoms with Crippen molar-refractivity contribution in [3.05, 3.63) is 206 Å². The van der Waals surface area contributed by atoms with Crippen molar-refractivity contribution < 1.29 is 129 Å². The van der Waals surface area contributed by atoms with Crippen LogP contribution in [0.4, 0.5) is 18.4 Å². The molecular weight excluding hydrogens is 1950 g/mol. The fourth-order valence-electron chi connectivity index (χ4n) is 16.2. The minimum absolute atomic E-state index is 0. The Morgan fingerprint density at radius 2 is 0.924 bits per heavy atom. The number of rotatable bonds is 27. The molecule has 8 N–H and O–H groups in total. The van der Waals surface area contributed by atoms with Crippen molar-refractivity contribution >= 4 is 97.9 Å². The molecule has 2 aromatic heterocycles. The molecule has 0 spiro atoms. The SMILES string of the molecule is C=C[C@@H]1C[C@]1(NC(=O)[C@@H]1C[C@@H](Oc2cc(-c3ccccc3)nc3cc(OC)ccc23)CN1C(=O)[C@@H](NC(=O)OC(C)(C)C)C(C)(C)C)C(=O)NS(=O)(=O)C1(Cc2ccccc2F)CC1.C=C[C@@H]1C[C@]1(NC(=O)[C@@H]1C[C@@H](Oc2cc(-c3ccccc3)nc3cc(OC)ccc23)CN1C(=O)[C@@H](NC(=O)OC(C)(C)C)C(C)(C)C)C(=O)O.NS(=O)(=O)C1(Cc2ccccc2F)CC1.[2H][B].[U]. The Kier molecular flexibility index (Phi) is 30.6. The van der Waals surface area contributed by atoms with Gasteiger partial charge in [-0.2, -0.15) is 0 Å². The first-order chi connectivity index (χ1) is 61.5. The van der Waals surface area contributed by atoms with Crippen LogP contribution >= 0.6 is 0 Å². The molecule has 6 fully saturated rings. The first-order valence-electron chi connectivity index (χ1n) is 43.3. The van der Waals surface area contributed by atoms with Gasteiger partial charge in [-0.1, -0.05) is 151 Å². The van der Waals surface area contributed by atoms with Crippen LogP contribution in [0.1, 0.15) is 146 Å². The van der Waals surface area contributed by atoms with Crippen LogP contribution in [-0.4, -0.2) is 195 Å². The molecule has 2 aliphatic heterocycles. The number of nitrogens with one attached hydrogen (secondary N) is 5. The Labute approximate surface area is 790 Å². The largest absolute Gasteiger partial charge is 0.497 e. The van der Waals surface area contributed by atoms with Gasteiger partial charge >= 0.3 is 18.2 Å². The third kappa shape index (κ3) is 23.7. The van der Waals surface area contributed by atoms with Crippen LogP contribution < -0.4 is 50.1 Å². The van der Waals surface area contributed by atoms with Gasteiger partial charge in [-0.3, -0.25) is 28.7 Å². The molecule has 6 aliphatic rings. The van der Waals surface area contributed by atoms with Gasteiger partial charge in [0, 0.05) is 110 Å². The van der Waals surface area contributed by atoms with Crippen LogP contribution in [0.3, 0.4) is 0 Å². The van der Waals surface area contributed by atoms with Gasteiger partial charge in [0.2, 0.25) is 43.7 Å². The quantitative estimate of drug-likeness (QED) is 0.0186. The maximum absolute atomic E-state index is 14.8. The van der Waals surface area contributed by atoms with Crippen molar-refractivity contribution in [3.8, 4) is 45.5 Å². The van der Waals surface area contributed by atoms with E-state index in [9.17, 15) is 69.1 Å². The summed E-state index contributed by atoms with van der Waals surface area (Å²) in [6.07, 6.45) is 1.71.